The number of aromatic nitrogens is 6. The highest BCUT2D eigenvalue weighted by Crippen LogP contribution is 2.16. The van der Waals surface area contributed by atoms with Gasteiger partial charge >= 0.3 is 0 Å². The van der Waals surface area contributed by atoms with Crippen LogP contribution in [0.5, 0.6) is 0 Å². The zero-order chi connectivity index (χ0) is 32.2. The lowest BCUT2D eigenvalue weighted by Crippen LogP contribution is -1.99. The molecular weight excluding hydrogens is 580 g/mol. The largest absolute Gasteiger partial charge is 0.472 e. The first kappa shape index (κ1) is 33.5. The van der Waals surface area contributed by atoms with Gasteiger partial charge in [0.05, 0.1) is 50.8 Å². The summed E-state index contributed by atoms with van der Waals surface area (Å²) >= 11 is 5.84. The van der Waals surface area contributed by atoms with Crippen molar-refractivity contribution < 1.29 is 4.42 Å². The summed E-state index contributed by atoms with van der Waals surface area (Å²) < 4.78 is 10.9. The molecule has 0 bridgehead atoms. The molecule has 0 amide bonds. The second-order valence-electron chi connectivity index (χ2n) is 12.1. The van der Waals surface area contributed by atoms with Crippen molar-refractivity contribution >= 4 is 11.6 Å². The molecule has 45 heavy (non-hydrogen) atoms. The molecule has 4 heterocycles. The molecule has 0 fully saturated rings. The van der Waals surface area contributed by atoms with Crippen molar-refractivity contribution in [2.45, 2.75) is 78.9 Å². The molecule has 0 N–H and O–H groups in total. The Morgan fingerprint density at radius 2 is 0.978 bits per heavy atom. The van der Waals surface area contributed by atoms with Crippen molar-refractivity contribution in [2.75, 3.05) is 0 Å². The lowest BCUT2D eigenvalue weighted by Gasteiger charge is -2.02. The van der Waals surface area contributed by atoms with Gasteiger partial charge in [-0.1, -0.05) is 95.6 Å². The number of hydrogen-bond donors (Lipinski definition) is 0. The van der Waals surface area contributed by atoms with E-state index in [0.29, 0.717) is 17.8 Å². The maximum atomic E-state index is 5.84. The van der Waals surface area contributed by atoms with Crippen LogP contribution in [0.2, 0.25) is 5.02 Å². The standard InChI is InChI=1S/C13H15ClN2.C13H16N2.C11H14N2O/c1-10(2)12-7-15-16(9-12)8-11-3-5-13(14)6-4-11;1-11(2)13-8-14-15(10-13)9-12-6-4-3-5-7-12;1-9(2)11-5-12-13(7-11)6-10-3-4-14-8-10/h3-7,9-10H,8H2,1-2H3;3-8,10-11H,9H2,1-2H3;3-5,7-9H,6H2,1-2H3. The maximum Gasteiger partial charge on any atom is 0.0953 e. The van der Waals surface area contributed by atoms with Crippen LogP contribution >= 0.6 is 11.6 Å². The smallest absolute Gasteiger partial charge is 0.0953 e. The van der Waals surface area contributed by atoms with Gasteiger partial charge in [-0.25, -0.2) is 0 Å². The molecule has 0 unspecified atom stereocenters. The summed E-state index contributed by atoms with van der Waals surface area (Å²) in [7, 11) is 0. The minimum absolute atomic E-state index is 0.527. The predicted octanol–water partition coefficient (Wildman–Crippen LogP) is 9.41. The average Bonchev–Trinajstić information content (AvgIpc) is 3.84. The molecular formula is C37H45ClN6O. The van der Waals surface area contributed by atoms with Crippen LogP contribution in [0.15, 0.2) is 115 Å². The molecule has 7 nitrogen and oxygen atoms in total. The van der Waals surface area contributed by atoms with Crippen LogP contribution in [0.1, 0.15) is 92.7 Å². The van der Waals surface area contributed by atoms with Crippen LogP contribution in [0.25, 0.3) is 0 Å². The molecule has 0 saturated carbocycles. The fourth-order valence-corrected chi connectivity index (χ4v) is 4.54. The topological polar surface area (TPSA) is 66.6 Å². The summed E-state index contributed by atoms with van der Waals surface area (Å²) in [6, 6.07) is 20.2. The Hall–Kier alpha value is -4.36. The van der Waals surface area contributed by atoms with E-state index in [2.05, 4.69) is 99.7 Å². The molecule has 0 aliphatic rings. The molecule has 0 atom stereocenters. The molecule has 0 radical (unpaired) electrons. The number of halogens is 1. The van der Waals surface area contributed by atoms with Gasteiger partial charge in [0.15, 0.2) is 0 Å². The lowest BCUT2D eigenvalue weighted by atomic mass is 10.1. The summed E-state index contributed by atoms with van der Waals surface area (Å²) in [5, 5.41) is 13.7. The van der Waals surface area contributed by atoms with Crippen molar-refractivity contribution in [1.82, 2.24) is 29.3 Å². The molecule has 6 aromatic rings. The van der Waals surface area contributed by atoms with Gasteiger partial charge in [-0.15, -0.1) is 0 Å². The van der Waals surface area contributed by atoms with Gasteiger partial charge in [-0.05, 0) is 63.8 Å². The maximum absolute atomic E-state index is 5.84. The number of benzene rings is 2. The molecule has 0 aliphatic heterocycles. The number of nitrogens with zero attached hydrogens (tertiary/aromatic N) is 6. The third-order valence-electron chi connectivity index (χ3n) is 7.33. The van der Waals surface area contributed by atoms with Crippen LogP contribution in [0.3, 0.4) is 0 Å². The second-order valence-corrected chi connectivity index (χ2v) is 12.6. The number of rotatable bonds is 9. The van der Waals surface area contributed by atoms with Gasteiger partial charge in [0.25, 0.3) is 0 Å². The zero-order valence-corrected chi connectivity index (χ0v) is 28.0. The molecule has 236 valence electrons. The fraction of sp³-hybridized carbons (Fsp3) is 0.324. The predicted molar refractivity (Wildman–Crippen MR) is 183 cm³/mol. The van der Waals surface area contributed by atoms with Gasteiger partial charge in [0.2, 0.25) is 0 Å². The first-order chi connectivity index (χ1) is 21.7. The molecule has 0 spiro atoms. The van der Waals surface area contributed by atoms with Gasteiger partial charge < -0.3 is 4.42 Å². The van der Waals surface area contributed by atoms with E-state index in [0.717, 1.165) is 30.2 Å². The summed E-state index contributed by atoms with van der Waals surface area (Å²) in [4.78, 5) is 0. The molecule has 6 rings (SSSR count). The van der Waals surface area contributed by atoms with E-state index in [4.69, 9.17) is 16.0 Å². The summed E-state index contributed by atoms with van der Waals surface area (Å²) in [5.41, 5.74) is 7.48. The lowest BCUT2D eigenvalue weighted by molar-refractivity contribution is 0.559. The van der Waals surface area contributed by atoms with Gasteiger partial charge in [-0.3, -0.25) is 14.0 Å². The van der Waals surface area contributed by atoms with Gasteiger partial charge in [-0.2, -0.15) is 15.3 Å². The van der Waals surface area contributed by atoms with Crippen LogP contribution in [-0.2, 0) is 19.6 Å². The average molecular weight is 625 g/mol. The zero-order valence-electron chi connectivity index (χ0n) is 27.2. The van der Waals surface area contributed by atoms with E-state index >= 15 is 0 Å². The molecule has 0 aliphatic carbocycles. The van der Waals surface area contributed by atoms with Crippen molar-refractivity contribution in [3.63, 3.8) is 0 Å². The Bertz CT molecular complexity index is 1660. The minimum Gasteiger partial charge on any atom is -0.472 e. The quantitative estimate of drug-likeness (QED) is 0.161. The molecule has 0 saturated heterocycles. The number of hydrogen-bond acceptors (Lipinski definition) is 4. The Morgan fingerprint density at radius 3 is 1.36 bits per heavy atom. The third kappa shape index (κ3) is 10.9. The van der Waals surface area contributed by atoms with Crippen molar-refractivity contribution in [3.05, 3.63) is 149 Å². The summed E-state index contributed by atoms with van der Waals surface area (Å²) in [6.07, 6.45) is 15.5. The van der Waals surface area contributed by atoms with Crippen LogP contribution in [0, 0.1) is 0 Å². The SMILES string of the molecule is CC(C)c1cnn(Cc2ccc(Cl)cc2)c1.CC(C)c1cnn(Cc2ccccc2)c1.CC(C)c1cnn(Cc2ccoc2)c1. The van der Waals surface area contributed by atoms with E-state index in [9.17, 15) is 0 Å². The van der Waals surface area contributed by atoms with E-state index in [1.165, 1.54) is 27.8 Å². The van der Waals surface area contributed by atoms with Crippen molar-refractivity contribution in [1.29, 1.82) is 0 Å². The highest BCUT2D eigenvalue weighted by Gasteiger charge is 2.05. The Kier molecular flexibility index (Phi) is 12.4. The van der Waals surface area contributed by atoms with Crippen molar-refractivity contribution in [3.8, 4) is 0 Å². The third-order valence-corrected chi connectivity index (χ3v) is 7.58. The van der Waals surface area contributed by atoms with Crippen LogP contribution in [0.4, 0.5) is 0 Å². The minimum atomic E-state index is 0.527. The Labute approximate surface area is 272 Å². The monoisotopic (exact) mass is 624 g/mol. The Balaban J connectivity index is 0.000000154. The van der Waals surface area contributed by atoms with Gasteiger partial charge in [0, 0.05) is 29.2 Å². The summed E-state index contributed by atoms with van der Waals surface area (Å²) in [6.45, 7) is 15.5. The normalized spacial score (nSPS) is 11.0. The van der Waals surface area contributed by atoms with Crippen LogP contribution < -0.4 is 0 Å². The first-order valence-electron chi connectivity index (χ1n) is 15.5. The molecule has 2 aromatic carbocycles. The van der Waals surface area contributed by atoms with Crippen LogP contribution in [-0.4, -0.2) is 29.3 Å². The summed E-state index contributed by atoms with van der Waals surface area (Å²) in [5.74, 6) is 1.61. The highest BCUT2D eigenvalue weighted by molar-refractivity contribution is 6.30. The van der Waals surface area contributed by atoms with Gasteiger partial charge in [0.1, 0.15) is 0 Å². The second kappa shape index (κ2) is 16.6. The molecule has 8 heteroatoms. The number of furan rings is 1. The Morgan fingerprint density at radius 1 is 0.556 bits per heavy atom. The van der Waals surface area contributed by atoms with E-state index < -0.39 is 0 Å². The molecule has 4 aromatic heterocycles. The van der Waals surface area contributed by atoms with E-state index in [1.807, 2.05) is 69.0 Å². The fourth-order valence-electron chi connectivity index (χ4n) is 4.41. The van der Waals surface area contributed by atoms with Crippen molar-refractivity contribution in [2.24, 2.45) is 0 Å². The van der Waals surface area contributed by atoms with E-state index in [-0.39, 0.29) is 0 Å². The van der Waals surface area contributed by atoms with E-state index in [1.54, 1.807) is 12.5 Å². The first-order valence-corrected chi connectivity index (χ1v) is 15.9. The highest BCUT2D eigenvalue weighted by atomic mass is 35.5.